The SMILES string of the molecule is CC1(C)CC(=O)C2=C(C1)OC1=C(C(=O)CC(C)(C)C1)C2c1c(F)cccc1F. The van der Waals surface area contributed by atoms with Crippen LogP contribution in [0.4, 0.5) is 8.78 Å². The molecular weight excluding hydrogens is 362 g/mol. The smallest absolute Gasteiger partial charge is 0.163 e. The van der Waals surface area contributed by atoms with E-state index in [1.807, 2.05) is 27.7 Å². The van der Waals surface area contributed by atoms with Gasteiger partial charge in [-0.15, -0.1) is 0 Å². The Labute approximate surface area is 163 Å². The zero-order chi connectivity index (χ0) is 20.4. The first-order valence-electron chi connectivity index (χ1n) is 9.63. The molecule has 1 heterocycles. The zero-order valence-corrected chi connectivity index (χ0v) is 16.6. The fourth-order valence-electron chi connectivity index (χ4n) is 4.75. The summed E-state index contributed by atoms with van der Waals surface area (Å²) < 4.78 is 35.6. The molecule has 28 heavy (non-hydrogen) atoms. The van der Waals surface area contributed by atoms with Crippen molar-refractivity contribution < 1.29 is 23.1 Å². The number of allylic oxidation sites excluding steroid dienone is 4. The lowest BCUT2D eigenvalue weighted by molar-refractivity contribution is -0.120. The fraction of sp³-hybridized carbons (Fsp3) is 0.478. The van der Waals surface area contributed by atoms with Gasteiger partial charge in [-0.05, 0) is 23.0 Å². The molecule has 148 valence electrons. The summed E-state index contributed by atoms with van der Waals surface area (Å²) in [5, 5.41) is 0. The first-order valence-corrected chi connectivity index (χ1v) is 9.63. The number of halogens is 2. The first kappa shape index (κ1) is 19.0. The monoisotopic (exact) mass is 386 g/mol. The molecule has 0 fully saturated rings. The predicted molar refractivity (Wildman–Crippen MR) is 100 cm³/mol. The Kier molecular flexibility index (Phi) is 4.15. The lowest BCUT2D eigenvalue weighted by atomic mass is 9.65. The van der Waals surface area contributed by atoms with Crippen LogP contribution in [0.1, 0.15) is 64.9 Å². The van der Waals surface area contributed by atoms with Gasteiger partial charge in [-0.3, -0.25) is 9.59 Å². The van der Waals surface area contributed by atoms with Crippen molar-refractivity contribution in [3.05, 3.63) is 58.1 Å². The molecule has 0 saturated heterocycles. The van der Waals surface area contributed by atoms with Crippen molar-refractivity contribution in [2.45, 2.75) is 59.3 Å². The van der Waals surface area contributed by atoms with Crippen LogP contribution in [0.15, 0.2) is 40.9 Å². The Bertz CT molecular complexity index is 894. The molecule has 0 saturated carbocycles. The van der Waals surface area contributed by atoms with E-state index in [-0.39, 0.29) is 51.9 Å². The molecule has 0 unspecified atom stereocenters. The molecule has 0 amide bonds. The van der Waals surface area contributed by atoms with Gasteiger partial charge in [0.05, 0.1) is 5.92 Å². The molecule has 3 nitrogen and oxygen atoms in total. The molecule has 3 aliphatic rings. The standard InChI is InChI=1S/C23H24F2O3/c1-22(2)8-14(26)19-16(10-22)28-17-11-23(3,4)9-15(27)20(17)21(19)18-12(24)6-5-7-13(18)25/h5-7,21H,8-11H2,1-4H3. The van der Waals surface area contributed by atoms with Crippen molar-refractivity contribution in [2.75, 3.05) is 0 Å². The van der Waals surface area contributed by atoms with Crippen LogP contribution in [0.3, 0.4) is 0 Å². The quantitative estimate of drug-likeness (QED) is 0.652. The number of Topliss-reactive ketones (excluding diaryl/α,β-unsaturated/α-hetero) is 2. The predicted octanol–water partition coefficient (Wildman–Crippen LogP) is 5.37. The van der Waals surface area contributed by atoms with Gasteiger partial charge in [-0.25, -0.2) is 8.78 Å². The lowest BCUT2D eigenvalue weighted by Crippen LogP contribution is -2.38. The van der Waals surface area contributed by atoms with E-state index in [2.05, 4.69) is 0 Å². The van der Waals surface area contributed by atoms with Crippen LogP contribution in [-0.4, -0.2) is 11.6 Å². The summed E-state index contributed by atoms with van der Waals surface area (Å²) in [5.41, 5.74) is -0.349. The van der Waals surface area contributed by atoms with E-state index in [0.29, 0.717) is 24.4 Å². The van der Waals surface area contributed by atoms with E-state index < -0.39 is 17.6 Å². The second-order valence-electron chi connectivity index (χ2n) is 9.73. The molecule has 0 atom stereocenters. The van der Waals surface area contributed by atoms with Gasteiger partial charge in [0.15, 0.2) is 11.6 Å². The molecule has 5 heteroatoms. The van der Waals surface area contributed by atoms with Crippen molar-refractivity contribution in [1.82, 2.24) is 0 Å². The minimum Gasteiger partial charge on any atom is -0.465 e. The summed E-state index contributed by atoms with van der Waals surface area (Å²) in [4.78, 5) is 26.1. The van der Waals surface area contributed by atoms with Crippen LogP contribution in [0, 0.1) is 22.5 Å². The van der Waals surface area contributed by atoms with Gasteiger partial charge in [0.1, 0.15) is 23.2 Å². The molecule has 0 radical (unpaired) electrons. The van der Waals surface area contributed by atoms with Crippen molar-refractivity contribution in [3.63, 3.8) is 0 Å². The average molecular weight is 386 g/mol. The molecule has 1 aliphatic heterocycles. The van der Waals surface area contributed by atoms with Crippen molar-refractivity contribution >= 4 is 11.6 Å². The zero-order valence-electron chi connectivity index (χ0n) is 16.6. The van der Waals surface area contributed by atoms with Crippen LogP contribution in [0.5, 0.6) is 0 Å². The van der Waals surface area contributed by atoms with Gasteiger partial charge in [0.2, 0.25) is 0 Å². The second kappa shape index (κ2) is 6.10. The third-order valence-electron chi connectivity index (χ3n) is 5.87. The number of ether oxygens (including phenoxy) is 1. The van der Waals surface area contributed by atoms with Gasteiger partial charge in [-0.2, -0.15) is 0 Å². The number of rotatable bonds is 1. The Balaban J connectivity index is 1.98. The highest BCUT2D eigenvalue weighted by molar-refractivity contribution is 6.06. The van der Waals surface area contributed by atoms with Gasteiger partial charge < -0.3 is 4.74 Å². The fourth-order valence-corrected chi connectivity index (χ4v) is 4.75. The van der Waals surface area contributed by atoms with E-state index >= 15 is 0 Å². The highest BCUT2D eigenvalue weighted by Crippen LogP contribution is 2.53. The van der Waals surface area contributed by atoms with Gasteiger partial charge in [0, 0.05) is 42.4 Å². The summed E-state index contributed by atoms with van der Waals surface area (Å²) in [6.45, 7) is 7.88. The normalized spacial score (nSPS) is 24.1. The highest BCUT2D eigenvalue weighted by Gasteiger charge is 2.49. The maximum Gasteiger partial charge on any atom is 0.163 e. The van der Waals surface area contributed by atoms with E-state index in [9.17, 15) is 18.4 Å². The summed E-state index contributed by atoms with van der Waals surface area (Å²) in [6.07, 6.45) is 1.49. The number of benzene rings is 1. The first-order chi connectivity index (χ1) is 13.0. The molecule has 4 rings (SSSR count). The molecule has 2 aliphatic carbocycles. The molecule has 0 aromatic heterocycles. The van der Waals surface area contributed by atoms with Crippen LogP contribution in [0.25, 0.3) is 0 Å². The number of carbonyl (C=O) groups is 2. The van der Waals surface area contributed by atoms with Crippen LogP contribution < -0.4 is 0 Å². The summed E-state index contributed by atoms with van der Waals surface area (Å²) in [5.74, 6) is -2.03. The molecule has 1 aromatic carbocycles. The van der Waals surface area contributed by atoms with Crippen LogP contribution in [0.2, 0.25) is 0 Å². The van der Waals surface area contributed by atoms with Gasteiger partial charge in [0.25, 0.3) is 0 Å². The molecule has 0 spiro atoms. The lowest BCUT2D eigenvalue weighted by Gasteiger charge is -2.42. The number of ketones is 2. The second-order valence-corrected chi connectivity index (χ2v) is 9.73. The third-order valence-corrected chi connectivity index (χ3v) is 5.87. The average Bonchev–Trinajstić information content (AvgIpc) is 2.50. The number of hydrogen-bond donors (Lipinski definition) is 0. The Hall–Kier alpha value is -2.30. The highest BCUT2D eigenvalue weighted by atomic mass is 19.1. The summed E-state index contributed by atoms with van der Waals surface area (Å²) in [7, 11) is 0. The van der Waals surface area contributed by atoms with E-state index in [0.717, 1.165) is 0 Å². The summed E-state index contributed by atoms with van der Waals surface area (Å²) >= 11 is 0. The number of hydrogen-bond acceptors (Lipinski definition) is 3. The largest absolute Gasteiger partial charge is 0.465 e. The van der Waals surface area contributed by atoms with Crippen molar-refractivity contribution in [1.29, 1.82) is 0 Å². The van der Waals surface area contributed by atoms with Crippen LogP contribution in [-0.2, 0) is 14.3 Å². The van der Waals surface area contributed by atoms with E-state index in [1.54, 1.807) is 0 Å². The Morgan fingerprint density at radius 3 is 1.68 bits per heavy atom. The third kappa shape index (κ3) is 3.01. The molecular formula is C23H24F2O3. The number of carbonyl (C=O) groups excluding carboxylic acids is 2. The molecule has 0 N–H and O–H groups in total. The minimum atomic E-state index is -1.04. The van der Waals surface area contributed by atoms with Crippen molar-refractivity contribution in [2.24, 2.45) is 10.8 Å². The summed E-state index contributed by atoms with van der Waals surface area (Å²) in [6, 6.07) is 3.63. The minimum absolute atomic E-state index is 0.205. The maximum absolute atomic E-state index is 14.8. The molecule has 1 aromatic rings. The molecule has 0 bridgehead atoms. The van der Waals surface area contributed by atoms with Crippen molar-refractivity contribution in [3.8, 4) is 0 Å². The van der Waals surface area contributed by atoms with E-state index in [1.165, 1.54) is 18.2 Å². The van der Waals surface area contributed by atoms with Gasteiger partial charge >= 0.3 is 0 Å². The van der Waals surface area contributed by atoms with Crippen LogP contribution >= 0.6 is 0 Å². The Morgan fingerprint density at radius 1 is 0.821 bits per heavy atom. The topological polar surface area (TPSA) is 43.4 Å². The Morgan fingerprint density at radius 2 is 1.25 bits per heavy atom. The van der Waals surface area contributed by atoms with E-state index in [4.69, 9.17) is 4.74 Å². The van der Waals surface area contributed by atoms with Gasteiger partial charge in [-0.1, -0.05) is 33.8 Å². The maximum atomic E-state index is 14.8.